The largest absolute Gasteiger partial charge is 0.394 e. The fourth-order valence-corrected chi connectivity index (χ4v) is 6.37. The van der Waals surface area contributed by atoms with E-state index in [0.29, 0.717) is 59.5 Å². The molecule has 3 heterocycles. The summed E-state index contributed by atoms with van der Waals surface area (Å²) in [5, 5.41) is 27.7. The number of benzene rings is 5. The molecule has 3 saturated heterocycles. The molecule has 3 aliphatic rings. The van der Waals surface area contributed by atoms with Crippen molar-refractivity contribution < 1.29 is 58.0 Å². The Kier molecular flexibility index (Phi) is 26.3. The number of epoxide rings is 1. The van der Waals surface area contributed by atoms with E-state index in [1.807, 2.05) is 140 Å². The summed E-state index contributed by atoms with van der Waals surface area (Å²) in [6, 6.07) is 49.9. The summed E-state index contributed by atoms with van der Waals surface area (Å²) < 4.78 is 49.4. The Labute approximate surface area is 387 Å². The number of hydrogen-bond acceptors (Lipinski definition) is 12. The van der Waals surface area contributed by atoms with Gasteiger partial charge in [0.05, 0.1) is 79.3 Å². The summed E-state index contributed by atoms with van der Waals surface area (Å²) >= 11 is 3.30. The highest BCUT2D eigenvalue weighted by Crippen LogP contribution is 2.38. The second kappa shape index (κ2) is 31.9. The summed E-state index contributed by atoms with van der Waals surface area (Å²) in [5.74, 6) is 0. The quantitative estimate of drug-likeness (QED) is 0.0443. The first-order chi connectivity index (χ1) is 31.1. The minimum absolute atomic E-state index is 0. The van der Waals surface area contributed by atoms with Crippen molar-refractivity contribution in [1.82, 2.24) is 0 Å². The van der Waals surface area contributed by atoms with Crippen molar-refractivity contribution in [2.45, 2.75) is 63.7 Å². The SMILES string of the molecule is BrCCOCc1ccccc1.C.OC1COC(c2ccccc2)OC1.OCC(CO)OCC1OC1c1ccccc1.c1ccc(COCCOC2COC(c3ccccc3)OC2)cc1. The third-order valence-electron chi connectivity index (χ3n) is 9.53. The van der Waals surface area contributed by atoms with E-state index >= 15 is 0 Å². The number of alkyl halides is 1. The van der Waals surface area contributed by atoms with E-state index in [4.69, 9.17) is 58.0 Å². The lowest BCUT2D eigenvalue weighted by atomic mass is 10.1. The van der Waals surface area contributed by atoms with Crippen LogP contribution in [0, 0.1) is 0 Å². The van der Waals surface area contributed by atoms with E-state index < -0.39 is 12.2 Å². The van der Waals surface area contributed by atoms with Crippen LogP contribution in [0.4, 0.5) is 0 Å². The third-order valence-corrected chi connectivity index (χ3v) is 9.85. The molecule has 8 rings (SSSR count). The molecule has 348 valence electrons. The van der Waals surface area contributed by atoms with Crippen molar-refractivity contribution in [3.63, 3.8) is 0 Å². The molecule has 12 nitrogen and oxygen atoms in total. The van der Waals surface area contributed by atoms with Gasteiger partial charge in [0.2, 0.25) is 0 Å². The molecule has 0 radical (unpaired) electrons. The summed E-state index contributed by atoms with van der Waals surface area (Å²) in [7, 11) is 0. The van der Waals surface area contributed by atoms with Crippen molar-refractivity contribution >= 4 is 15.9 Å². The average Bonchev–Trinajstić information content (AvgIpc) is 4.14. The number of halogens is 1. The number of ether oxygens (including phenoxy) is 9. The van der Waals surface area contributed by atoms with Gasteiger partial charge in [-0.05, 0) is 16.7 Å². The van der Waals surface area contributed by atoms with Gasteiger partial charge in [0.1, 0.15) is 30.5 Å². The van der Waals surface area contributed by atoms with Crippen molar-refractivity contribution in [3.05, 3.63) is 179 Å². The van der Waals surface area contributed by atoms with Crippen LogP contribution in [0.15, 0.2) is 152 Å². The van der Waals surface area contributed by atoms with Crippen LogP contribution >= 0.6 is 15.9 Å². The highest BCUT2D eigenvalue weighted by Gasteiger charge is 2.40. The van der Waals surface area contributed by atoms with Gasteiger partial charge in [0.15, 0.2) is 12.6 Å². The van der Waals surface area contributed by atoms with Crippen LogP contribution in [0.5, 0.6) is 0 Å². The Morgan fingerprint density at radius 1 is 0.547 bits per heavy atom. The standard InChI is InChI=1S/C19H22O4.C12H16O4.C10H12O3.C9H11BrO.CH4/c1-3-7-16(8-4-1)13-20-11-12-21-18-14-22-19(23-15-18)17-9-5-2-6-10-17;13-6-10(7-14)15-8-11-12(16-11)9-4-2-1-3-5-9;11-9-6-12-10(13-7-9)8-4-2-1-3-5-8;10-6-7-11-8-9-4-2-1-3-5-9;/h1-10,18-19H,11-15H2;1-5,10-14H,6-8H2;1-5,9-11H,6-7H2;1-5H,6-8H2;1H4. The highest BCUT2D eigenvalue weighted by atomic mass is 79.9. The van der Waals surface area contributed by atoms with Gasteiger partial charge in [0.25, 0.3) is 0 Å². The first kappa shape index (κ1) is 52.7. The van der Waals surface area contributed by atoms with Gasteiger partial charge in [-0.3, -0.25) is 0 Å². The molecule has 0 saturated carbocycles. The zero-order valence-electron chi connectivity index (χ0n) is 35.6. The van der Waals surface area contributed by atoms with Gasteiger partial charge in [-0.1, -0.05) is 175 Å². The molecule has 0 spiro atoms. The maximum absolute atomic E-state index is 9.12. The van der Waals surface area contributed by atoms with Gasteiger partial charge < -0.3 is 58.0 Å². The van der Waals surface area contributed by atoms with Crippen LogP contribution < -0.4 is 0 Å². The molecule has 13 heteroatoms. The summed E-state index contributed by atoms with van der Waals surface area (Å²) in [5.41, 5.74) is 5.57. The maximum atomic E-state index is 9.12. The lowest BCUT2D eigenvalue weighted by Crippen LogP contribution is -2.34. The predicted octanol–water partition coefficient (Wildman–Crippen LogP) is 8.16. The van der Waals surface area contributed by atoms with Gasteiger partial charge >= 0.3 is 0 Å². The van der Waals surface area contributed by atoms with Gasteiger partial charge in [0, 0.05) is 16.5 Å². The molecule has 0 bridgehead atoms. The maximum Gasteiger partial charge on any atom is 0.184 e. The fraction of sp³-hybridized carbons (Fsp3) is 0.412. The minimum atomic E-state index is -0.499. The molecule has 0 aliphatic carbocycles. The molecule has 5 aromatic rings. The molecule has 0 aromatic heterocycles. The number of aliphatic hydroxyl groups is 3. The Hall–Kier alpha value is -3.90. The molecule has 3 N–H and O–H groups in total. The number of hydrogen-bond donors (Lipinski definition) is 3. The Morgan fingerprint density at radius 2 is 0.969 bits per heavy atom. The third kappa shape index (κ3) is 20.5. The lowest BCUT2D eigenvalue weighted by molar-refractivity contribution is -0.232. The van der Waals surface area contributed by atoms with Crippen LogP contribution in [-0.4, -0.2) is 111 Å². The molecule has 64 heavy (non-hydrogen) atoms. The zero-order valence-corrected chi connectivity index (χ0v) is 37.1. The molecule has 3 aliphatic heterocycles. The summed E-state index contributed by atoms with van der Waals surface area (Å²) in [6.45, 7) is 5.05. The predicted molar refractivity (Wildman–Crippen MR) is 249 cm³/mol. The Bertz CT molecular complexity index is 1830. The van der Waals surface area contributed by atoms with Gasteiger partial charge in [-0.15, -0.1) is 0 Å². The lowest BCUT2D eigenvalue weighted by Gasteiger charge is -2.29. The van der Waals surface area contributed by atoms with Gasteiger partial charge in [-0.25, -0.2) is 0 Å². The van der Waals surface area contributed by atoms with Crippen molar-refractivity contribution in [1.29, 1.82) is 0 Å². The fourth-order valence-electron chi connectivity index (χ4n) is 6.14. The summed E-state index contributed by atoms with van der Waals surface area (Å²) in [6.07, 6.45) is -1.48. The molecule has 2 atom stereocenters. The average molecular weight is 950 g/mol. The van der Waals surface area contributed by atoms with Crippen LogP contribution in [0.1, 0.15) is 53.9 Å². The molecule has 3 fully saturated rings. The molecule has 5 aromatic carbocycles. The van der Waals surface area contributed by atoms with E-state index in [1.165, 1.54) is 11.1 Å². The van der Waals surface area contributed by atoms with E-state index in [1.54, 1.807) is 0 Å². The minimum Gasteiger partial charge on any atom is -0.394 e. The van der Waals surface area contributed by atoms with E-state index in [9.17, 15) is 0 Å². The van der Waals surface area contributed by atoms with E-state index in [2.05, 4.69) is 28.1 Å². The van der Waals surface area contributed by atoms with Crippen LogP contribution in [0.2, 0.25) is 0 Å². The van der Waals surface area contributed by atoms with Crippen molar-refractivity contribution in [2.75, 3.05) is 71.4 Å². The van der Waals surface area contributed by atoms with Crippen molar-refractivity contribution in [3.8, 4) is 0 Å². The molecule has 2 unspecified atom stereocenters. The van der Waals surface area contributed by atoms with Crippen LogP contribution in [0.25, 0.3) is 0 Å². The van der Waals surface area contributed by atoms with E-state index in [-0.39, 0.29) is 51.5 Å². The summed E-state index contributed by atoms with van der Waals surface area (Å²) in [4.78, 5) is 0. The van der Waals surface area contributed by atoms with Crippen molar-refractivity contribution in [2.24, 2.45) is 0 Å². The smallest absolute Gasteiger partial charge is 0.184 e. The Balaban J connectivity index is 0.000000194. The Morgan fingerprint density at radius 3 is 1.42 bits per heavy atom. The normalized spacial score (nSPS) is 21.1. The van der Waals surface area contributed by atoms with E-state index in [0.717, 1.165) is 28.6 Å². The first-order valence-electron chi connectivity index (χ1n) is 21.2. The van der Waals surface area contributed by atoms with Crippen LogP contribution in [-0.2, 0) is 55.8 Å². The second-order valence-electron chi connectivity index (χ2n) is 14.6. The first-order valence-corrected chi connectivity index (χ1v) is 22.4. The molecule has 0 amide bonds. The van der Waals surface area contributed by atoms with Crippen LogP contribution in [0.3, 0.4) is 0 Å². The molecular weight excluding hydrogens is 884 g/mol. The van der Waals surface area contributed by atoms with Gasteiger partial charge in [-0.2, -0.15) is 0 Å². The topological polar surface area (TPSA) is 147 Å². The monoisotopic (exact) mass is 948 g/mol. The number of aliphatic hydroxyl groups excluding tert-OH is 3. The molecular formula is C51H65BrO12. The second-order valence-corrected chi connectivity index (χ2v) is 15.3. The highest BCUT2D eigenvalue weighted by molar-refractivity contribution is 9.09. The number of rotatable bonds is 18. The zero-order chi connectivity index (χ0) is 44.2.